The summed E-state index contributed by atoms with van der Waals surface area (Å²) < 4.78 is 12.9. The van der Waals surface area contributed by atoms with Crippen LogP contribution in [0.2, 0.25) is 0 Å². The van der Waals surface area contributed by atoms with Gasteiger partial charge in [-0.2, -0.15) is 0 Å². The van der Waals surface area contributed by atoms with E-state index in [2.05, 4.69) is 22.0 Å². The van der Waals surface area contributed by atoms with Gasteiger partial charge in [0.2, 0.25) is 0 Å². The molecule has 0 atom stereocenters. The lowest BCUT2D eigenvalue weighted by Gasteiger charge is -1.92. The third-order valence-corrected chi connectivity index (χ3v) is 1.28. The summed E-state index contributed by atoms with van der Waals surface area (Å²) in [5.74, 6) is -0.443. The molecule has 0 fully saturated rings. The fourth-order valence-electron chi connectivity index (χ4n) is 0.521. The minimum atomic E-state index is -0.443. The third kappa shape index (κ3) is 1.68. The summed E-state index contributed by atoms with van der Waals surface area (Å²) in [4.78, 5) is 0. The van der Waals surface area contributed by atoms with E-state index in [1.165, 1.54) is 6.07 Å². The Bertz CT molecular complexity index is 174. The van der Waals surface area contributed by atoms with Gasteiger partial charge in [0.1, 0.15) is 5.82 Å². The van der Waals surface area contributed by atoms with E-state index in [1.54, 1.807) is 6.07 Å². The lowest BCUT2D eigenvalue weighted by atomic mass is 10.3. The average Bonchev–Trinajstić information content (AvgIpc) is 1.59. The van der Waals surface area contributed by atoms with Crippen molar-refractivity contribution in [2.75, 3.05) is 5.73 Å². The molecule has 1 nitrogen and oxygen atoms in total. The van der Waals surface area contributed by atoms with Crippen LogP contribution >= 0.6 is 15.9 Å². The zero-order valence-corrected chi connectivity index (χ0v) is 6.07. The molecule has 9 heavy (non-hydrogen) atoms. The van der Waals surface area contributed by atoms with Crippen molar-refractivity contribution in [1.82, 2.24) is 0 Å². The molecule has 0 aliphatic rings. The molecule has 1 rings (SSSR count). The number of rotatable bonds is 0. The van der Waals surface area contributed by atoms with Crippen molar-refractivity contribution in [3.05, 3.63) is 28.5 Å². The molecule has 0 aromatic heterocycles. The van der Waals surface area contributed by atoms with E-state index in [0.29, 0.717) is 10.2 Å². The monoisotopic (exact) mass is 188 g/mol. The predicted molar refractivity (Wildman–Crippen MR) is 37.3 cm³/mol. The highest BCUT2D eigenvalue weighted by molar-refractivity contribution is 9.10. The number of hydrogen-bond acceptors (Lipinski definition) is 1. The molecule has 0 amide bonds. The van der Waals surface area contributed by atoms with E-state index in [1.807, 2.05) is 0 Å². The summed E-state index contributed by atoms with van der Waals surface area (Å²) >= 11 is 3.07. The molecular formula is C6H4BrFN. The van der Waals surface area contributed by atoms with Crippen molar-refractivity contribution in [3.63, 3.8) is 0 Å². The Morgan fingerprint density at radius 3 is 2.67 bits per heavy atom. The van der Waals surface area contributed by atoms with Crippen LogP contribution in [0, 0.1) is 11.9 Å². The smallest absolute Gasteiger partial charge is 0.134 e. The quantitative estimate of drug-likeness (QED) is 0.620. The Morgan fingerprint density at radius 2 is 2.22 bits per heavy atom. The highest BCUT2D eigenvalue weighted by Gasteiger charge is 1.93. The number of hydrogen-bond donors (Lipinski definition) is 1. The van der Waals surface area contributed by atoms with Gasteiger partial charge in [-0.3, -0.25) is 0 Å². The second-order valence-corrected chi connectivity index (χ2v) is 2.52. The van der Waals surface area contributed by atoms with Crippen molar-refractivity contribution in [2.45, 2.75) is 0 Å². The van der Waals surface area contributed by atoms with Gasteiger partial charge in [-0.1, -0.05) is 15.9 Å². The second kappa shape index (κ2) is 2.35. The first kappa shape index (κ1) is 6.55. The molecule has 0 spiro atoms. The summed E-state index contributed by atoms with van der Waals surface area (Å²) in [5, 5.41) is 0. The summed E-state index contributed by atoms with van der Waals surface area (Å²) in [7, 11) is 0. The van der Waals surface area contributed by atoms with Gasteiger partial charge in [0.15, 0.2) is 0 Å². The molecular weight excluding hydrogens is 185 g/mol. The van der Waals surface area contributed by atoms with Gasteiger partial charge >= 0.3 is 0 Å². The Hall–Kier alpha value is -0.570. The molecule has 0 heterocycles. The zero-order valence-electron chi connectivity index (χ0n) is 4.49. The minimum Gasteiger partial charge on any atom is -0.398 e. The predicted octanol–water partition coefficient (Wildman–Crippen LogP) is 1.97. The molecule has 0 aliphatic carbocycles. The average molecular weight is 189 g/mol. The summed E-state index contributed by atoms with van der Waals surface area (Å²) in [6.45, 7) is 0. The van der Waals surface area contributed by atoms with Crippen LogP contribution in [0.15, 0.2) is 16.6 Å². The Kier molecular flexibility index (Phi) is 1.71. The van der Waals surface area contributed by atoms with E-state index < -0.39 is 5.82 Å². The fourth-order valence-corrected chi connectivity index (χ4v) is 0.969. The van der Waals surface area contributed by atoms with Crippen molar-refractivity contribution in [1.29, 1.82) is 0 Å². The minimum absolute atomic E-state index is 0.307. The molecule has 0 aliphatic heterocycles. The lowest BCUT2D eigenvalue weighted by molar-refractivity contribution is 0.625. The molecule has 0 unspecified atom stereocenters. The SMILES string of the molecule is Nc1[c]c(F)cc(Br)c1. The van der Waals surface area contributed by atoms with E-state index in [0.717, 1.165) is 0 Å². The van der Waals surface area contributed by atoms with Crippen LogP contribution in [0.4, 0.5) is 10.1 Å². The zero-order chi connectivity index (χ0) is 6.85. The number of nitrogens with two attached hydrogens (primary N) is 1. The topological polar surface area (TPSA) is 26.0 Å². The van der Waals surface area contributed by atoms with Crippen molar-refractivity contribution >= 4 is 21.6 Å². The van der Waals surface area contributed by atoms with Crippen molar-refractivity contribution < 1.29 is 4.39 Å². The Morgan fingerprint density at radius 1 is 1.56 bits per heavy atom. The van der Waals surface area contributed by atoms with Gasteiger partial charge in [-0.25, -0.2) is 4.39 Å². The highest BCUT2D eigenvalue weighted by atomic mass is 79.9. The van der Waals surface area contributed by atoms with Crippen LogP contribution in [-0.4, -0.2) is 0 Å². The maximum absolute atomic E-state index is 12.3. The maximum Gasteiger partial charge on any atom is 0.134 e. The van der Waals surface area contributed by atoms with E-state index in [-0.39, 0.29) is 0 Å². The molecule has 0 saturated heterocycles. The van der Waals surface area contributed by atoms with Crippen LogP contribution in [0.5, 0.6) is 0 Å². The molecule has 47 valence electrons. The summed E-state index contributed by atoms with van der Waals surface area (Å²) in [5.41, 5.74) is 5.54. The van der Waals surface area contributed by atoms with Crippen LogP contribution in [0.25, 0.3) is 0 Å². The van der Waals surface area contributed by atoms with Gasteiger partial charge in [-0.15, -0.1) is 0 Å². The third-order valence-electron chi connectivity index (χ3n) is 0.822. The molecule has 0 saturated carbocycles. The van der Waals surface area contributed by atoms with E-state index in [4.69, 9.17) is 5.73 Å². The fraction of sp³-hybridized carbons (Fsp3) is 0. The molecule has 3 heteroatoms. The first-order valence-corrected chi connectivity index (χ1v) is 3.11. The van der Waals surface area contributed by atoms with Crippen molar-refractivity contribution in [2.24, 2.45) is 0 Å². The number of benzene rings is 1. The van der Waals surface area contributed by atoms with Crippen LogP contribution in [0.1, 0.15) is 0 Å². The van der Waals surface area contributed by atoms with Crippen LogP contribution < -0.4 is 5.73 Å². The number of anilines is 1. The largest absolute Gasteiger partial charge is 0.398 e. The standard InChI is InChI=1S/C6H4BrFN/c7-4-1-5(8)3-6(9)2-4/h1-2H,9H2. The summed E-state index contributed by atoms with van der Waals surface area (Å²) in [6, 6.07) is 5.18. The first-order valence-electron chi connectivity index (χ1n) is 2.32. The van der Waals surface area contributed by atoms with Crippen molar-refractivity contribution in [3.8, 4) is 0 Å². The molecule has 0 bridgehead atoms. The van der Waals surface area contributed by atoms with Crippen LogP contribution in [0.3, 0.4) is 0 Å². The van der Waals surface area contributed by atoms with Gasteiger partial charge in [0.05, 0.1) is 0 Å². The van der Waals surface area contributed by atoms with Gasteiger partial charge < -0.3 is 5.73 Å². The van der Waals surface area contributed by atoms with Gasteiger partial charge in [-0.05, 0) is 12.1 Å². The number of halogens is 2. The molecule has 2 N–H and O–H groups in total. The van der Waals surface area contributed by atoms with Gasteiger partial charge in [0, 0.05) is 16.2 Å². The van der Waals surface area contributed by atoms with E-state index >= 15 is 0 Å². The first-order chi connectivity index (χ1) is 4.18. The lowest BCUT2D eigenvalue weighted by Crippen LogP contribution is -1.85. The number of nitrogen functional groups attached to an aromatic ring is 1. The maximum atomic E-state index is 12.3. The van der Waals surface area contributed by atoms with Gasteiger partial charge in [0.25, 0.3) is 0 Å². The highest BCUT2D eigenvalue weighted by Crippen LogP contribution is 2.14. The summed E-state index contributed by atoms with van der Waals surface area (Å²) in [6.07, 6.45) is 0. The Labute approximate surface area is 60.8 Å². The molecule has 1 radical (unpaired) electrons. The van der Waals surface area contributed by atoms with Crippen LogP contribution in [-0.2, 0) is 0 Å². The molecule has 1 aromatic carbocycles. The normalized spacial score (nSPS) is 9.56. The Balaban J connectivity index is 3.17. The second-order valence-electron chi connectivity index (χ2n) is 1.60. The van der Waals surface area contributed by atoms with E-state index in [9.17, 15) is 4.39 Å². The molecule has 1 aromatic rings.